The van der Waals surface area contributed by atoms with E-state index in [4.69, 9.17) is 0 Å². The highest BCUT2D eigenvalue weighted by Crippen LogP contribution is 2.18. The Bertz CT molecular complexity index is 216. The minimum absolute atomic E-state index is 0.208. The molecule has 0 aromatic heterocycles. The first-order valence-electron chi connectivity index (χ1n) is 5.95. The lowest BCUT2D eigenvalue weighted by Crippen LogP contribution is -2.30. The molecule has 88 valence electrons. The predicted octanol–water partition coefficient (Wildman–Crippen LogP) is 1.65. The van der Waals surface area contributed by atoms with Crippen molar-refractivity contribution in [3.05, 3.63) is 0 Å². The van der Waals surface area contributed by atoms with Gasteiger partial charge in [-0.25, -0.2) is 0 Å². The predicted molar refractivity (Wildman–Crippen MR) is 60.4 cm³/mol. The van der Waals surface area contributed by atoms with E-state index in [-0.39, 0.29) is 12.0 Å². The van der Waals surface area contributed by atoms with Crippen LogP contribution in [0, 0.1) is 11.8 Å². The highest BCUT2D eigenvalue weighted by molar-refractivity contribution is 5.76. The fraction of sp³-hybridized carbons (Fsp3) is 0.917. The molecule has 0 aromatic carbocycles. The largest absolute Gasteiger partial charge is 0.391 e. The van der Waals surface area contributed by atoms with Gasteiger partial charge in [0.15, 0.2) is 0 Å². The third kappa shape index (κ3) is 4.20. The Balaban J connectivity index is 2.29. The first-order valence-corrected chi connectivity index (χ1v) is 5.95. The van der Waals surface area contributed by atoms with Crippen LogP contribution in [0.1, 0.15) is 40.0 Å². The van der Waals surface area contributed by atoms with Gasteiger partial charge in [-0.15, -0.1) is 0 Å². The second-order valence-corrected chi connectivity index (χ2v) is 5.22. The Kier molecular flexibility index (Phi) is 4.58. The van der Waals surface area contributed by atoms with Gasteiger partial charge in [-0.1, -0.05) is 20.8 Å². The summed E-state index contributed by atoms with van der Waals surface area (Å²) in [5, 5.41) is 9.33. The van der Waals surface area contributed by atoms with Gasteiger partial charge in [-0.3, -0.25) is 4.79 Å². The molecule has 1 rings (SSSR count). The molecule has 0 bridgehead atoms. The van der Waals surface area contributed by atoms with E-state index in [1.807, 2.05) is 0 Å². The van der Waals surface area contributed by atoms with E-state index in [1.165, 1.54) is 0 Å². The molecule has 1 fully saturated rings. The fourth-order valence-corrected chi connectivity index (χ4v) is 2.28. The number of hydrogen-bond acceptors (Lipinski definition) is 2. The zero-order chi connectivity index (χ0) is 11.4. The van der Waals surface area contributed by atoms with Gasteiger partial charge in [-0.2, -0.15) is 0 Å². The Hall–Kier alpha value is -0.570. The molecule has 2 atom stereocenters. The number of rotatable bonds is 4. The van der Waals surface area contributed by atoms with Crippen LogP contribution in [0.3, 0.4) is 0 Å². The summed E-state index contributed by atoms with van der Waals surface area (Å²) >= 11 is 0. The Morgan fingerprint density at radius 2 is 2.13 bits per heavy atom. The summed E-state index contributed by atoms with van der Waals surface area (Å²) in [6, 6.07) is 0. The Morgan fingerprint density at radius 1 is 1.47 bits per heavy atom. The van der Waals surface area contributed by atoms with E-state index in [9.17, 15) is 9.90 Å². The van der Waals surface area contributed by atoms with E-state index in [0.29, 0.717) is 24.8 Å². The van der Waals surface area contributed by atoms with Gasteiger partial charge in [0.25, 0.3) is 0 Å². The summed E-state index contributed by atoms with van der Waals surface area (Å²) in [7, 11) is 0. The molecule has 0 aromatic rings. The molecule has 15 heavy (non-hydrogen) atoms. The van der Waals surface area contributed by atoms with Crippen molar-refractivity contribution in [1.82, 2.24) is 4.90 Å². The number of nitrogens with zero attached hydrogens (tertiary/aromatic N) is 1. The highest BCUT2D eigenvalue weighted by atomic mass is 16.3. The van der Waals surface area contributed by atoms with Crippen molar-refractivity contribution in [2.75, 3.05) is 13.1 Å². The molecule has 1 aliphatic heterocycles. The number of aliphatic hydroxyl groups excluding tert-OH is 1. The average Bonchev–Trinajstić information content (AvgIpc) is 2.49. The van der Waals surface area contributed by atoms with Crippen LogP contribution < -0.4 is 0 Å². The van der Waals surface area contributed by atoms with Crippen LogP contribution in [0.4, 0.5) is 0 Å². The fourth-order valence-electron chi connectivity index (χ4n) is 2.28. The van der Waals surface area contributed by atoms with Gasteiger partial charge in [0, 0.05) is 19.5 Å². The lowest BCUT2D eigenvalue weighted by molar-refractivity contribution is -0.131. The molecule has 1 heterocycles. The van der Waals surface area contributed by atoms with E-state index in [2.05, 4.69) is 20.8 Å². The first-order chi connectivity index (χ1) is 6.99. The molecule has 0 radical (unpaired) electrons. The lowest BCUT2D eigenvalue weighted by Gasteiger charge is -2.19. The van der Waals surface area contributed by atoms with Crippen LogP contribution >= 0.6 is 0 Å². The van der Waals surface area contributed by atoms with Crippen molar-refractivity contribution in [2.45, 2.75) is 46.1 Å². The van der Waals surface area contributed by atoms with E-state index >= 15 is 0 Å². The summed E-state index contributed by atoms with van der Waals surface area (Å²) in [5.74, 6) is 1.31. The molecule has 1 saturated heterocycles. The summed E-state index contributed by atoms with van der Waals surface area (Å²) in [6.45, 7) is 7.76. The standard InChI is InChI=1S/C12H23NO2/c1-9(2)6-10(3)7-12(15)13-5-4-11(14)8-13/h9-11,14H,4-8H2,1-3H3/t10?,11-/m1/s1. The smallest absolute Gasteiger partial charge is 0.222 e. The maximum absolute atomic E-state index is 11.8. The number of likely N-dealkylation sites (tertiary alicyclic amines) is 1. The second kappa shape index (κ2) is 5.50. The molecule has 0 saturated carbocycles. The summed E-state index contributed by atoms with van der Waals surface area (Å²) in [6.07, 6.45) is 2.17. The van der Waals surface area contributed by atoms with Gasteiger partial charge in [0.2, 0.25) is 5.91 Å². The summed E-state index contributed by atoms with van der Waals surface area (Å²) < 4.78 is 0. The normalized spacial score (nSPS) is 23.5. The molecule has 1 unspecified atom stereocenters. The number of hydrogen-bond donors (Lipinski definition) is 1. The molecule has 1 amide bonds. The van der Waals surface area contributed by atoms with E-state index in [1.54, 1.807) is 4.90 Å². The van der Waals surface area contributed by atoms with E-state index in [0.717, 1.165) is 19.4 Å². The topological polar surface area (TPSA) is 40.5 Å². The van der Waals surface area contributed by atoms with Crippen molar-refractivity contribution in [2.24, 2.45) is 11.8 Å². The van der Waals surface area contributed by atoms with E-state index < -0.39 is 0 Å². The van der Waals surface area contributed by atoms with Gasteiger partial charge in [-0.05, 0) is 24.7 Å². The number of carbonyl (C=O) groups is 1. The van der Waals surface area contributed by atoms with Crippen molar-refractivity contribution in [3.63, 3.8) is 0 Å². The summed E-state index contributed by atoms with van der Waals surface area (Å²) in [4.78, 5) is 13.6. The molecule has 0 aliphatic carbocycles. The average molecular weight is 213 g/mol. The first kappa shape index (κ1) is 12.5. The van der Waals surface area contributed by atoms with Crippen molar-refractivity contribution < 1.29 is 9.90 Å². The number of carbonyl (C=O) groups excluding carboxylic acids is 1. The number of β-amino-alcohol motifs (C(OH)–C–C–N with tert-alkyl or cyclic N) is 1. The third-order valence-electron chi connectivity index (χ3n) is 2.91. The van der Waals surface area contributed by atoms with Crippen LogP contribution in [0.5, 0.6) is 0 Å². The Morgan fingerprint density at radius 3 is 2.60 bits per heavy atom. The third-order valence-corrected chi connectivity index (χ3v) is 2.91. The van der Waals surface area contributed by atoms with Crippen LogP contribution in [0.2, 0.25) is 0 Å². The lowest BCUT2D eigenvalue weighted by atomic mass is 9.95. The molecule has 0 spiro atoms. The zero-order valence-corrected chi connectivity index (χ0v) is 10.1. The van der Waals surface area contributed by atoms with Crippen LogP contribution in [0.15, 0.2) is 0 Å². The molecule has 1 N–H and O–H groups in total. The SMILES string of the molecule is CC(C)CC(C)CC(=O)N1CC[C@@H](O)C1. The van der Waals surface area contributed by atoms with Crippen LogP contribution in [0.25, 0.3) is 0 Å². The van der Waals surface area contributed by atoms with Crippen molar-refractivity contribution >= 4 is 5.91 Å². The maximum atomic E-state index is 11.8. The molecule has 3 heteroatoms. The number of amides is 1. The molecule has 3 nitrogen and oxygen atoms in total. The monoisotopic (exact) mass is 213 g/mol. The van der Waals surface area contributed by atoms with Gasteiger partial charge >= 0.3 is 0 Å². The summed E-state index contributed by atoms with van der Waals surface area (Å²) in [5.41, 5.74) is 0. The zero-order valence-electron chi connectivity index (χ0n) is 10.1. The van der Waals surface area contributed by atoms with Crippen molar-refractivity contribution in [1.29, 1.82) is 0 Å². The quantitative estimate of drug-likeness (QED) is 0.771. The number of aliphatic hydroxyl groups is 1. The van der Waals surface area contributed by atoms with Crippen LogP contribution in [-0.2, 0) is 4.79 Å². The maximum Gasteiger partial charge on any atom is 0.222 e. The van der Waals surface area contributed by atoms with Gasteiger partial charge in [0.05, 0.1) is 6.10 Å². The minimum Gasteiger partial charge on any atom is -0.391 e. The highest BCUT2D eigenvalue weighted by Gasteiger charge is 2.25. The second-order valence-electron chi connectivity index (χ2n) is 5.22. The van der Waals surface area contributed by atoms with Gasteiger partial charge < -0.3 is 10.0 Å². The molecule has 1 aliphatic rings. The molecular formula is C12H23NO2. The van der Waals surface area contributed by atoms with Crippen LogP contribution in [-0.4, -0.2) is 35.1 Å². The Labute approximate surface area is 92.5 Å². The molecular weight excluding hydrogens is 190 g/mol. The van der Waals surface area contributed by atoms with Gasteiger partial charge in [0.1, 0.15) is 0 Å². The van der Waals surface area contributed by atoms with Crippen molar-refractivity contribution in [3.8, 4) is 0 Å². The minimum atomic E-state index is -0.297.